The van der Waals surface area contributed by atoms with Gasteiger partial charge in [-0.05, 0) is 41.8 Å². The molecule has 0 saturated carbocycles. The summed E-state index contributed by atoms with van der Waals surface area (Å²) >= 11 is 6.71. The number of aromatic nitrogens is 3. The molecule has 2 N–H and O–H groups in total. The first kappa shape index (κ1) is 21.1. The molecule has 4 aromatic rings. The van der Waals surface area contributed by atoms with Crippen molar-refractivity contribution >= 4 is 50.8 Å². The van der Waals surface area contributed by atoms with Crippen molar-refractivity contribution in [3.05, 3.63) is 66.2 Å². The molecular weight excluding hydrogens is 443 g/mol. The van der Waals surface area contributed by atoms with E-state index in [1.54, 1.807) is 23.1 Å². The van der Waals surface area contributed by atoms with Crippen molar-refractivity contribution in [3.8, 4) is 11.3 Å². The zero-order valence-corrected chi connectivity index (χ0v) is 18.4. The molecule has 1 saturated heterocycles. The van der Waals surface area contributed by atoms with Gasteiger partial charge in [-0.25, -0.2) is 19.3 Å². The highest BCUT2D eigenvalue weighted by molar-refractivity contribution is 6.34. The molecule has 1 amide bonds. The molecule has 1 aliphatic rings. The van der Waals surface area contributed by atoms with E-state index in [9.17, 15) is 9.18 Å². The number of fused-ring (bicyclic) bond motifs is 2. The number of carbonyl (C=O) groups is 1. The van der Waals surface area contributed by atoms with Crippen LogP contribution in [0.25, 0.3) is 32.9 Å². The molecule has 0 unspecified atom stereocenters. The van der Waals surface area contributed by atoms with Crippen molar-refractivity contribution < 1.29 is 9.18 Å². The molecule has 2 aromatic heterocycles. The van der Waals surface area contributed by atoms with Crippen molar-refractivity contribution in [1.29, 1.82) is 0 Å². The molecule has 0 radical (unpaired) electrons. The predicted octanol–water partition coefficient (Wildman–Crippen LogP) is 4.05. The number of amides is 1. The number of halogens is 2. The number of carbonyl (C=O) groups excluding carboxylic acids is 1. The van der Waals surface area contributed by atoms with Crippen LogP contribution in [-0.4, -0.2) is 51.9 Å². The average molecular weight is 463 g/mol. The maximum atomic E-state index is 14.0. The molecule has 166 valence electrons. The molecule has 33 heavy (non-hydrogen) atoms. The number of rotatable bonds is 3. The average Bonchev–Trinajstić information content (AvgIpc) is 2.83. The van der Waals surface area contributed by atoms with Crippen LogP contribution in [0.4, 0.5) is 16.0 Å². The van der Waals surface area contributed by atoms with Gasteiger partial charge in [0.25, 0.3) is 0 Å². The smallest absolute Gasteiger partial charge is 0.246 e. The number of anilines is 2. The standard InChI is InChI=1S/C24H20ClFN6O/c1-2-22(33)31-5-7-32(8-6-31)24-18-11-19(25)17(12-20(18)28-13-29-24)23-16-10-15(26)4-3-14(16)9-21(27)30-23/h2-4,9-13H,1,5-8H2,(H2,27,30). The Labute approximate surface area is 194 Å². The van der Waals surface area contributed by atoms with Crippen molar-refractivity contribution in [2.24, 2.45) is 0 Å². The van der Waals surface area contributed by atoms with E-state index < -0.39 is 0 Å². The van der Waals surface area contributed by atoms with E-state index in [4.69, 9.17) is 17.3 Å². The summed E-state index contributed by atoms with van der Waals surface area (Å²) in [4.78, 5) is 29.1. The van der Waals surface area contributed by atoms with Crippen molar-refractivity contribution in [2.45, 2.75) is 0 Å². The van der Waals surface area contributed by atoms with E-state index in [0.717, 1.165) is 16.6 Å². The molecule has 0 bridgehead atoms. The number of hydrogen-bond donors (Lipinski definition) is 1. The number of pyridine rings is 1. The molecule has 0 aliphatic carbocycles. The van der Waals surface area contributed by atoms with E-state index in [2.05, 4.69) is 26.4 Å². The van der Waals surface area contributed by atoms with E-state index >= 15 is 0 Å². The lowest BCUT2D eigenvalue weighted by molar-refractivity contribution is -0.126. The molecular formula is C24H20ClFN6O. The van der Waals surface area contributed by atoms with Crippen LogP contribution in [0.3, 0.4) is 0 Å². The molecule has 9 heteroatoms. The number of hydrogen-bond acceptors (Lipinski definition) is 6. The molecule has 0 spiro atoms. The molecule has 2 aromatic carbocycles. The summed E-state index contributed by atoms with van der Waals surface area (Å²) in [6, 6.07) is 9.80. The number of piperazine rings is 1. The van der Waals surface area contributed by atoms with Gasteiger partial charge in [-0.3, -0.25) is 4.79 Å². The summed E-state index contributed by atoms with van der Waals surface area (Å²) in [6.45, 7) is 5.97. The van der Waals surface area contributed by atoms with E-state index in [1.807, 2.05) is 6.07 Å². The van der Waals surface area contributed by atoms with Crippen LogP contribution in [0, 0.1) is 5.82 Å². The fourth-order valence-electron chi connectivity index (χ4n) is 4.21. The van der Waals surface area contributed by atoms with Crippen LogP contribution in [0.5, 0.6) is 0 Å². The first-order valence-electron chi connectivity index (χ1n) is 10.4. The zero-order valence-electron chi connectivity index (χ0n) is 17.6. The molecule has 7 nitrogen and oxygen atoms in total. The Hall–Kier alpha value is -3.78. The normalized spacial score (nSPS) is 14.1. The Morgan fingerprint density at radius 2 is 1.88 bits per heavy atom. The Kier molecular flexibility index (Phi) is 5.30. The summed E-state index contributed by atoms with van der Waals surface area (Å²) in [5, 5.41) is 2.60. The van der Waals surface area contributed by atoms with Gasteiger partial charge in [0, 0.05) is 42.5 Å². The van der Waals surface area contributed by atoms with Crippen LogP contribution >= 0.6 is 11.6 Å². The summed E-state index contributed by atoms with van der Waals surface area (Å²) < 4.78 is 14.0. The van der Waals surface area contributed by atoms with Gasteiger partial charge in [0.05, 0.1) is 16.2 Å². The number of nitrogens with zero attached hydrogens (tertiary/aromatic N) is 5. The van der Waals surface area contributed by atoms with Gasteiger partial charge in [-0.2, -0.15) is 0 Å². The third-order valence-electron chi connectivity index (χ3n) is 5.84. The highest BCUT2D eigenvalue weighted by Gasteiger charge is 2.23. The second-order valence-corrected chi connectivity index (χ2v) is 8.23. The molecule has 1 aliphatic heterocycles. The number of nitrogens with two attached hydrogens (primary N) is 1. The summed E-state index contributed by atoms with van der Waals surface area (Å²) in [5.74, 6) is 0.616. The van der Waals surface area contributed by atoms with Crippen LogP contribution in [0.1, 0.15) is 0 Å². The van der Waals surface area contributed by atoms with E-state index in [-0.39, 0.29) is 11.7 Å². The Bertz CT molecular complexity index is 1420. The van der Waals surface area contributed by atoms with Crippen LogP contribution < -0.4 is 10.6 Å². The lowest BCUT2D eigenvalue weighted by Crippen LogP contribution is -2.48. The number of nitrogen functional groups attached to an aromatic ring is 1. The highest BCUT2D eigenvalue weighted by Crippen LogP contribution is 2.37. The Morgan fingerprint density at radius 1 is 1.09 bits per heavy atom. The first-order valence-corrected chi connectivity index (χ1v) is 10.8. The van der Waals surface area contributed by atoms with Gasteiger partial charge in [-0.15, -0.1) is 0 Å². The molecule has 1 fully saturated rings. The molecule has 3 heterocycles. The van der Waals surface area contributed by atoms with E-state index in [0.29, 0.717) is 59.2 Å². The Morgan fingerprint density at radius 3 is 2.64 bits per heavy atom. The minimum absolute atomic E-state index is 0.0758. The molecule has 5 rings (SSSR count). The van der Waals surface area contributed by atoms with Crippen molar-refractivity contribution in [3.63, 3.8) is 0 Å². The lowest BCUT2D eigenvalue weighted by atomic mass is 10.0. The van der Waals surface area contributed by atoms with Crippen LogP contribution in [-0.2, 0) is 4.79 Å². The second-order valence-electron chi connectivity index (χ2n) is 7.82. The van der Waals surface area contributed by atoms with Gasteiger partial charge in [-0.1, -0.05) is 24.2 Å². The highest BCUT2D eigenvalue weighted by atomic mass is 35.5. The van der Waals surface area contributed by atoms with Crippen LogP contribution in [0.2, 0.25) is 5.02 Å². The minimum Gasteiger partial charge on any atom is -0.384 e. The lowest BCUT2D eigenvalue weighted by Gasteiger charge is -2.35. The fraction of sp³-hybridized carbons (Fsp3) is 0.167. The Balaban J connectivity index is 1.58. The number of benzene rings is 2. The zero-order chi connectivity index (χ0) is 23.1. The van der Waals surface area contributed by atoms with Crippen molar-refractivity contribution in [2.75, 3.05) is 36.8 Å². The maximum absolute atomic E-state index is 14.0. The third-order valence-corrected chi connectivity index (χ3v) is 6.15. The maximum Gasteiger partial charge on any atom is 0.246 e. The fourth-order valence-corrected chi connectivity index (χ4v) is 4.46. The first-order chi connectivity index (χ1) is 15.9. The second kappa shape index (κ2) is 8.29. The topological polar surface area (TPSA) is 88.2 Å². The third kappa shape index (κ3) is 3.82. The SMILES string of the molecule is C=CC(=O)N1CCN(c2ncnc3cc(-c4nc(N)cc5ccc(F)cc45)c(Cl)cc23)CC1. The summed E-state index contributed by atoms with van der Waals surface area (Å²) in [5.41, 5.74) is 7.79. The van der Waals surface area contributed by atoms with Gasteiger partial charge in [0.1, 0.15) is 23.8 Å². The summed E-state index contributed by atoms with van der Waals surface area (Å²) in [6.07, 6.45) is 2.83. The van der Waals surface area contributed by atoms with Gasteiger partial charge < -0.3 is 15.5 Å². The largest absolute Gasteiger partial charge is 0.384 e. The van der Waals surface area contributed by atoms with Gasteiger partial charge in [0.15, 0.2) is 0 Å². The van der Waals surface area contributed by atoms with E-state index in [1.165, 1.54) is 24.5 Å². The van der Waals surface area contributed by atoms with Gasteiger partial charge >= 0.3 is 0 Å². The summed E-state index contributed by atoms with van der Waals surface area (Å²) in [7, 11) is 0. The van der Waals surface area contributed by atoms with Gasteiger partial charge in [0.2, 0.25) is 5.91 Å². The van der Waals surface area contributed by atoms with Crippen molar-refractivity contribution in [1.82, 2.24) is 19.9 Å². The molecule has 0 atom stereocenters. The minimum atomic E-state index is -0.370. The predicted molar refractivity (Wildman–Crippen MR) is 129 cm³/mol. The monoisotopic (exact) mass is 462 g/mol. The quantitative estimate of drug-likeness (QED) is 0.462. The van der Waals surface area contributed by atoms with Crippen LogP contribution in [0.15, 0.2) is 55.4 Å².